The van der Waals surface area contributed by atoms with Gasteiger partial charge in [-0.15, -0.1) is 0 Å². The SMILES string of the molecule is CN(C(=O)c1cnc(Nc2ccccc2Cl)cn1)c1ccccc1. The number of aromatic nitrogens is 2. The quantitative estimate of drug-likeness (QED) is 0.776. The number of amides is 1. The van der Waals surface area contributed by atoms with Crippen molar-refractivity contribution in [3.05, 3.63) is 77.7 Å². The van der Waals surface area contributed by atoms with Crippen molar-refractivity contribution < 1.29 is 4.79 Å². The van der Waals surface area contributed by atoms with Crippen molar-refractivity contribution in [2.75, 3.05) is 17.3 Å². The summed E-state index contributed by atoms with van der Waals surface area (Å²) < 4.78 is 0. The molecule has 24 heavy (non-hydrogen) atoms. The fourth-order valence-electron chi connectivity index (χ4n) is 2.14. The smallest absolute Gasteiger partial charge is 0.278 e. The lowest BCUT2D eigenvalue weighted by molar-refractivity contribution is 0.0988. The fourth-order valence-corrected chi connectivity index (χ4v) is 2.33. The van der Waals surface area contributed by atoms with E-state index in [2.05, 4.69) is 15.3 Å². The van der Waals surface area contributed by atoms with E-state index in [1.54, 1.807) is 13.1 Å². The molecule has 0 saturated carbocycles. The van der Waals surface area contributed by atoms with Gasteiger partial charge in [-0.3, -0.25) is 4.79 Å². The number of rotatable bonds is 4. The molecule has 1 N–H and O–H groups in total. The molecule has 0 aliphatic heterocycles. The second-order valence-electron chi connectivity index (χ2n) is 5.09. The summed E-state index contributed by atoms with van der Waals surface area (Å²) in [5.41, 5.74) is 1.79. The number of halogens is 1. The lowest BCUT2D eigenvalue weighted by atomic mass is 10.3. The maximum Gasteiger partial charge on any atom is 0.278 e. The van der Waals surface area contributed by atoms with Crippen LogP contribution in [0, 0.1) is 0 Å². The largest absolute Gasteiger partial charge is 0.338 e. The van der Waals surface area contributed by atoms with Gasteiger partial charge in [0.25, 0.3) is 5.91 Å². The Balaban J connectivity index is 1.75. The number of nitrogens with one attached hydrogen (secondary N) is 1. The van der Waals surface area contributed by atoms with E-state index in [9.17, 15) is 4.79 Å². The number of nitrogens with zero attached hydrogens (tertiary/aromatic N) is 3. The minimum absolute atomic E-state index is 0.224. The molecule has 0 bridgehead atoms. The second kappa shape index (κ2) is 7.10. The number of hydrogen-bond donors (Lipinski definition) is 1. The Morgan fingerprint density at radius 3 is 2.38 bits per heavy atom. The molecule has 1 heterocycles. The predicted molar refractivity (Wildman–Crippen MR) is 95.9 cm³/mol. The summed E-state index contributed by atoms with van der Waals surface area (Å²) in [6.07, 6.45) is 2.95. The highest BCUT2D eigenvalue weighted by atomic mass is 35.5. The standard InChI is InChI=1S/C18H15ClN4O/c1-23(13-7-3-2-4-8-13)18(24)16-11-21-17(12-20-16)22-15-10-6-5-9-14(15)19/h2-12H,1H3,(H,21,22). The molecule has 0 fully saturated rings. The van der Waals surface area contributed by atoms with Crippen LogP contribution in [-0.4, -0.2) is 22.9 Å². The molecule has 0 radical (unpaired) electrons. The third kappa shape index (κ3) is 3.52. The third-order valence-electron chi connectivity index (χ3n) is 3.46. The lowest BCUT2D eigenvalue weighted by Crippen LogP contribution is -2.27. The highest BCUT2D eigenvalue weighted by molar-refractivity contribution is 6.33. The van der Waals surface area contributed by atoms with Gasteiger partial charge in [-0.1, -0.05) is 41.9 Å². The second-order valence-corrected chi connectivity index (χ2v) is 5.50. The number of para-hydroxylation sites is 2. The first-order chi connectivity index (χ1) is 11.6. The molecule has 120 valence electrons. The molecule has 5 nitrogen and oxygen atoms in total. The zero-order valence-electron chi connectivity index (χ0n) is 13.0. The first-order valence-electron chi connectivity index (χ1n) is 7.32. The summed E-state index contributed by atoms with van der Waals surface area (Å²) in [5, 5.41) is 3.66. The van der Waals surface area contributed by atoms with Gasteiger partial charge in [0, 0.05) is 12.7 Å². The Kier molecular flexibility index (Phi) is 4.72. The third-order valence-corrected chi connectivity index (χ3v) is 3.79. The van der Waals surface area contributed by atoms with E-state index in [4.69, 9.17) is 11.6 Å². The fraction of sp³-hybridized carbons (Fsp3) is 0.0556. The van der Waals surface area contributed by atoms with Crippen molar-refractivity contribution >= 4 is 34.7 Å². The Hall–Kier alpha value is -2.92. The molecule has 3 rings (SSSR count). The van der Waals surface area contributed by atoms with Crippen LogP contribution in [0.15, 0.2) is 67.0 Å². The van der Waals surface area contributed by atoms with Crippen molar-refractivity contribution in [3.63, 3.8) is 0 Å². The van der Waals surface area contributed by atoms with Gasteiger partial charge in [0.2, 0.25) is 0 Å². The number of hydrogen-bond acceptors (Lipinski definition) is 4. The van der Waals surface area contributed by atoms with Gasteiger partial charge >= 0.3 is 0 Å². The molecule has 0 saturated heterocycles. The van der Waals surface area contributed by atoms with E-state index >= 15 is 0 Å². The Labute approximate surface area is 144 Å². The Morgan fingerprint density at radius 2 is 1.71 bits per heavy atom. The van der Waals surface area contributed by atoms with E-state index < -0.39 is 0 Å². The van der Waals surface area contributed by atoms with Crippen molar-refractivity contribution in [2.24, 2.45) is 0 Å². The molecule has 1 amide bonds. The van der Waals surface area contributed by atoms with Gasteiger partial charge in [-0.25, -0.2) is 9.97 Å². The molecule has 0 atom stereocenters. The minimum atomic E-state index is -0.224. The Bertz CT molecular complexity index is 837. The van der Waals surface area contributed by atoms with Crippen LogP contribution >= 0.6 is 11.6 Å². The van der Waals surface area contributed by atoms with Gasteiger partial charge in [-0.2, -0.15) is 0 Å². The normalized spacial score (nSPS) is 10.2. The number of benzene rings is 2. The molecule has 0 aliphatic rings. The minimum Gasteiger partial charge on any atom is -0.338 e. The van der Waals surface area contributed by atoms with Crippen LogP contribution in [0.2, 0.25) is 5.02 Å². The average molecular weight is 339 g/mol. The van der Waals surface area contributed by atoms with Gasteiger partial charge in [0.1, 0.15) is 11.5 Å². The van der Waals surface area contributed by atoms with Gasteiger partial charge in [0.15, 0.2) is 0 Å². The average Bonchev–Trinajstić information content (AvgIpc) is 2.64. The molecule has 2 aromatic carbocycles. The molecule has 6 heteroatoms. The lowest BCUT2D eigenvalue weighted by Gasteiger charge is -2.16. The van der Waals surface area contributed by atoms with Crippen LogP contribution in [-0.2, 0) is 0 Å². The number of carbonyl (C=O) groups excluding carboxylic acids is 1. The van der Waals surface area contributed by atoms with Gasteiger partial charge < -0.3 is 10.2 Å². The summed E-state index contributed by atoms with van der Waals surface area (Å²) in [7, 11) is 1.70. The Morgan fingerprint density at radius 1 is 1.00 bits per heavy atom. The van der Waals surface area contributed by atoms with E-state index in [-0.39, 0.29) is 11.6 Å². The van der Waals surface area contributed by atoms with Crippen LogP contribution in [0.25, 0.3) is 0 Å². The topological polar surface area (TPSA) is 58.1 Å². The van der Waals surface area contributed by atoms with E-state index in [0.717, 1.165) is 11.4 Å². The molecule has 1 aromatic heterocycles. The van der Waals surface area contributed by atoms with E-state index in [1.165, 1.54) is 17.3 Å². The van der Waals surface area contributed by atoms with Crippen LogP contribution in [0.5, 0.6) is 0 Å². The van der Waals surface area contributed by atoms with Gasteiger partial charge in [0.05, 0.1) is 23.1 Å². The summed E-state index contributed by atoms with van der Waals surface area (Å²) >= 11 is 6.09. The summed E-state index contributed by atoms with van der Waals surface area (Å²) in [5.74, 6) is 0.292. The zero-order valence-corrected chi connectivity index (χ0v) is 13.7. The molecule has 0 unspecified atom stereocenters. The maximum atomic E-state index is 12.5. The van der Waals surface area contributed by atoms with Crippen LogP contribution in [0.1, 0.15) is 10.5 Å². The van der Waals surface area contributed by atoms with Crippen LogP contribution < -0.4 is 10.2 Å². The number of carbonyl (C=O) groups is 1. The predicted octanol–water partition coefficient (Wildman–Crippen LogP) is 4.15. The van der Waals surface area contributed by atoms with Crippen LogP contribution in [0.4, 0.5) is 17.2 Å². The summed E-state index contributed by atoms with van der Waals surface area (Å²) in [6, 6.07) is 16.7. The van der Waals surface area contributed by atoms with Gasteiger partial charge in [-0.05, 0) is 24.3 Å². The summed E-state index contributed by atoms with van der Waals surface area (Å²) in [6.45, 7) is 0. The maximum absolute atomic E-state index is 12.5. The zero-order chi connectivity index (χ0) is 16.9. The van der Waals surface area contributed by atoms with E-state index in [0.29, 0.717) is 10.8 Å². The molecule has 3 aromatic rings. The van der Waals surface area contributed by atoms with Crippen molar-refractivity contribution in [1.29, 1.82) is 0 Å². The van der Waals surface area contributed by atoms with Crippen molar-refractivity contribution in [1.82, 2.24) is 9.97 Å². The monoisotopic (exact) mass is 338 g/mol. The molecule has 0 spiro atoms. The van der Waals surface area contributed by atoms with E-state index in [1.807, 2.05) is 48.5 Å². The molecular weight excluding hydrogens is 324 g/mol. The van der Waals surface area contributed by atoms with Crippen LogP contribution in [0.3, 0.4) is 0 Å². The highest BCUT2D eigenvalue weighted by Crippen LogP contribution is 2.23. The highest BCUT2D eigenvalue weighted by Gasteiger charge is 2.15. The summed E-state index contributed by atoms with van der Waals surface area (Å²) in [4.78, 5) is 22.4. The molecular formula is C18H15ClN4O. The first-order valence-corrected chi connectivity index (χ1v) is 7.69. The van der Waals surface area contributed by atoms with Crippen molar-refractivity contribution in [3.8, 4) is 0 Å². The number of anilines is 3. The first kappa shape index (κ1) is 16.0. The molecule has 0 aliphatic carbocycles. The van der Waals surface area contributed by atoms with Crippen molar-refractivity contribution in [2.45, 2.75) is 0 Å².